The Balaban J connectivity index is 1.52. The van der Waals surface area contributed by atoms with Gasteiger partial charge >= 0.3 is 23.9 Å². The zero-order valence-corrected chi connectivity index (χ0v) is 28.0. The number of ether oxygens (including phenoxy) is 6. The van der Waals surface area contributed by atoms with Crippen molar-refractivity contribution in [3.63, 3.8) is 0 Å². The second kappa shape index (κ2) is 18.4. The molecule has 0 spiro atoms. The van der Waals surface area contributed by atoms with Gasteiger partial charge in [0.1, 0.15) is 18.5 Å². The van der Waals surface area contributed by atoms with E-state index in [2.05, 4.69) is 0 Å². The van der Waals surface area contributed by atoms with E-state index < -0.39 is 61.2 Å². The highest BCUT2D eigenvalue weighted by Gasteiger charge is 2.53. The van der Waals surface area contributed by atoms with Crippen LogP contribution in [0.4, 0.5) is 0 Å². The molecule has 4 aromatic rings. The second-order valence-corrected chi connectivity index (χ2v) is 11.7. The van der Waals surface area contributed by atoms with Crippen molar-refractivity contribution in [2.45, 2.75) is 56.9 Å². The summed E-state index contributed by atoms with van der Waals surface area (Å²) < 4.78 is 36.1. The van der Waals surface area contributed by atoms with Crippen LogP contribution in [0, 0.1) is 0 Å². The summed E-state index contributed by atoms with van der Waals surface area (Å²) in [4.78, 5) is 65.3. The fourth-order valence-corrected chi connectivity index (χ4v) is 5.34. The van der Waals surface area contributed by atoms with Gasteiger partial charge in [-0.15, -0.1) is 0 Å². The largest absolute Gasteiger partial charge is 0.459 e. The number of ketones is 1. The van der Waals surface area contributed by atoms with Gasteiger partial charge in [-0.05, 0) is 68.3 Å². The Morgan fingerprint density at radius 3 is 1.39 bits per heavy atom. The van der Waals surface area contributed by atoms with E-state index in [1.165, 1.54) is 6.92 Å². The lowest BCUT2D eigenvalue weighted by Gasteiger charge is -2.44. The summed E-state index contributed by atoms with van der Waals surface area (Å²) in [6.07, 6.45) is -5.74. The SMILES string of the molecule is CC(=O)CCCCO[C@H]1OC(COC(=O)c2ccccc2)[C@@H](OC(=O)c2ccccc2)[C@H](OC(=O)c2ccccc2)C1OC(=O)c1ccccc1. The Morgan fingerprint density at radius 2 is 0.941 bits per heavy atom. The van der Waals surface area contributed by atoms with Gasteiger partial charge in [0.05, 0.1) is 22.3 Å². The number of esters is 4. The molecular formula is C40H38O11. The van der Waals surface area contributed by atoms with Crippen LogP contribution in [0.15, 0.2) is 121 Å². The zero-order valence-electron chi connectivity index (χ0n) is 28.0. The highest BCUT2D eigenvalue weighted by Crippen LogP contribution is 2.32. The molecule has 1 aliphatic rings. The van der Waals surface area contributed by atoms with Gasteiger partial charge < -0.3 is 33.2 Å². The number of carbonyl (C=O) groups is 5. The minimum absolute atomic E-state index is 0.0230. The Hall–Kier alpha value is -5.65. The number of hydrogen-bond donors (Lipinski definition) is 0. The van der Waals surface area contributed by atoms with E-state index in [9.17, 15) is 24.0 Å². The predicted octanol–water partition coefficient (Wildman–Crippen LogP) is 6.02. The van der Waals surface area contributed by atoms with Crippen molar-refractivity contribution in [1.82, 2.24) is 0 Å². The fraction of sp³-hybridized carbons (Fsp3) is 0.275. The number of unbranched alkanes of at least 4 members (excludes halogenated alkanes) is 1. The quantitative estimate of drug-likeness (QED) is 0.0820. The fourth-order valence-electron chi connectivity index (χ4n) is 5.34. The summed E-state index contributed by atoms with van der Waals surface area (Å²) in [5.41, 5.74) is 0.833. The molecule has 0 amide bonds. The van der Waals surface area contributed by atoms with Crippen molar-refractivity contribution in [3.8, 4) is 0 Å². The lowest BCUT2D eigenvalue weighted by Crippen LogP contribution is -2.63. The van der Waals surface area contributed by atoms with Gasteiger partial charge in [0.25, 0.3) is 0 Å². The molecule has 0 bridgehead atoms. The molecular weight excluding hydrogens is 656 g/mol. The van der Waals surface area contributed by atoms with Gasteiger partial charge in [-0.1, -0.05) is 72.8 Å². The van der Waals surface area contributed by atoms with Crippen LogP contribution in [0.1, 0.15) is 67.6 Å². The molecule has 0 aromatic heterocycles. The average Bonchev–Trinajstić information content (AvgIpc) is 3.16. The Labute approximate surface area is 295 Å². The van der Waals surface area contributed by atoms with E-state index in [1.807, 2.05) is 0 Å². The van der Waals surface area contributed by atoms with Crippen molar-refractivity contribution >= 4 is 29.7 Å². The first-order valence-corrected chi connectivity index (χ1v) is 16.6. The van der Waals surface area contributed by atoms with Crippen LogP contribution in [0.3, 0.4) is 0 Å². The molecule has 4 aromatic carbocycles. The first-order valence-electron chi connectivity index (χ1n) is 16.6. The van der Waals surface area contributed by atoms with Crippen molar-refractivity contribution < 1.29 is 52.4 Å². The molecule has 0 aliphatic carbocycles. The second-order valence-electron chi connectivity index (χ2n) is 11.7. The van der Waals surface area contributed by atoms with E-state index in [-0.39, 0.29) is 34.6 Å². The van der Waals surface area contributed by atoms with E-state index in [4.69, 9.17) is 28.4 Å². The van der Waals surface area contributed by atoms with Gasteiger partial charge in [-0.3, -0.25) is 0 Å². The number of Topliss-reactive ketones (excluding diaryl/α,β-unsaturated/α-hetero) is 1. The van der Waals surface area contributed by atoms with E-state index >= 15 is 0 Å². The molecule has 0 N–H and O–H groups in total. The smallest absolute Gasteiger partial charge is 0.338 e. The molecule has 11 heteroatoms. The molecule has 5 atom stereocenters. The molecule has 1 aliphatic heterocycles. The Bertz CT molecular complexity index is 1750. The van der Waals surface area contributed by atoms with E-state index in [1.54, 1.807) is 121 Å². The molecule has 1 saturated heterocycles. The third-order valence-electron chi connectivity index (χ3n) is 7.94. The van der Waals surface area contributed by atoms with Crippen LogP contribution in [0.5, 0.6) is 0 Å². The molecule has 1 fully saturated rings. The summed E-state index contributed by atoms with van der Waals surface area (Å²) in [5.74, 6) is -3.03. The van der Waals surface area contributed by atoms with Gasteiger partial charge in [-0.25, -0.2) is 19.2 Å². The maximum atomic E-state index is 13.6. The third kappa shape index (κ3) is 10.4. The molecule has 5 rings (SSSR count). The number of rotatable bonds is 15. The Morgan fingerprint density at radius 1 is 0.529 bits per heavy atom. The van der Waals surface area contributed by atoms with Crippen molar-refractivity contribution in [1.29, 1.82) is 0 Å². The van der Waals surface area contributed by atoms with Crippen LogP contribution in [0.25, 0.3) is 0 Å². The highest BCUT2D eigenvalue weighted by atomic mass is 16.7. The van der Waals surface area contributed by atoms with Crippen LogP contribution in [-0.4, -0.2) is 73.6 Å². The van der Waals surface area contributed by atoms with Gasteiger partial charge in [-0.2, -0.15) is 0 Å². The third-order valence-corrected chi connectivity index (χ3v) is 7.94. The molecule has 0 saturated carbocycles. The predicted molar refractivity (Wildman–Crippen MR) is 183 cm³/mol. The van der Waals surface area contributed by atoms with Gasteiger partial charge in [0.2, 0.25) is 0 Å². The van der Waals surface area contributed by atoms with Gasteiger partial charge in [0, 0.05) is 13.0 Å². The van der Waals surface area contributed by atoms with E-state index in [0.29, 0.717) is 19.3 Å². The topological polar surface area (TPSA) is 141 Å². The van der Waals surface area contributed by atoms with Crippen LogP contribution < -0.4 is 0 Å². The molecule has 1 heterocycles. The normalized spacial score (nSPS) is 19.7. The lowest BCUT2D eigenvalue weighted by molar-refractivity contribution is -0.298. The molecule has 2 unspecified atom stereocenters. The van der Waals surface area contributed by atoms with Crippen LogP contribution >= 0.6 is 0 Å². The number of benzene rings is 4. The minimum atomic E-state index is -1.51. The standard InChI is InChI=1S/C40H38O11/c1-27(41)16-14-15-25-46-40-35(51-39(45)31-23-12-5-13-24-31)34(50-38(44)30-21-10-4-11-22-30)33(49-37(43)29-19-8-3-9-20-29)32(48-40)26-47-36(42)28-17-6-2-7-18-28/h2-13,17-24,32-35,40H,14-16,25-26H2,1H3/t32?,33-,34+,35?,40+/m1/s1. The first-order chi connectivity index (χ1) is 24.8. The maximum absolute atomic E-state index is 13.6. The first kappa shape index (κ1) is 36.6. The molecule has 264 valence electrons. The number of carbonyl (C=O) groups excluding carboxylic acids is 5. The summed E-state index contributed by atoms with van der Waals surface area (Å²) in [5, 5.41) is 0. The zero-order chi connectivity index (χ0) is 36.0. The van der Waals surface area contributed by atoms with Crippen molar-refractivity contribution in [2.24, 2.45) is 0 Å². The highest BCUT2D eigenvalue weighted by molar-refractivity contribution is 5.91. The summed E-state index contributed by atoms with van der Waals surface area (Å²) in [6, 6.07) is 32.7. The average molecular weight is 695 g/mol. The van der Waals surface area contributed by atoms with Crippen molar-refractivity contribution in [3.05, 3.63) is 144 Å². The minimum Gasteiger partial charge on any atom is -0.459 e. The monoisotopic (exact) mass is 694 g/mol. The maximum Gasteiger partial charge on any atom is 0.338 e. The summed E-state index contributed by atoms with van der Waals surface area (Å²) >= 11 is 0. The summed E-state index contributed by atoms with van der Waals surface area (Å²) in [6.45, 7) is 1.11. The van der Waals surface area contributed by atoms with Crippen LogP contribution in [-0.2, 0) is 33.2 Å². The molecule has 51 heavy (non-hydrogen) atoms. The Kier molecular flexibility index (Phi) is 13.2. The van der Waals surface area contributed by atoms with Crippen molar-refractivity contribution in [2.75, 3.05) is 13.2 Å². The molecule has 11 nitrogen and oxygen atoms in total. The van der Waals surface area contributed by atoms with E-state index in [0.717, 1.165) is 0 Å². The number of hydrogen-bond acceptors (Lipinski definition) is 11. The lowest BCUT2D eigenvalue weighted by atomic mass is 9.97. The molecule has 0 radical (unpaired) electrons. The van der Waals surface area contributed by atoms with Gasteiger partial charge in [0.15, 0.2) is 24.6 Å². The van der Waals surface area contributed by atoms with Crippen LogP contribution in [0.2, 0.25) is 0 Å². The summed E-state index contributed by atoms with van der Waals surface area (Å²) in [7, 11) is 0.